The second-order valence-electron chi connectivity index (χ2n) is 4.46. The Morgan fingerprint density at radius 1 is 1.38 bits per heavy atom. The van der Waals surface area contributed by atoms with E-state index >= 15 is 0 Å². The third kappa shape index (κ3) is 5.39. The fraction of sp³-hybridized carbons (Fsp3) is 0.500. The van der Waals surface area contributed by atoms with E-state index in [1.807, 2.05) is 0 Å². The highest BCUT2D eigenvalue weighted by Crippen LogP contribution is 2.25. The van der Waals surface area contributed by atoms with Gasteiger partial charge in [-0.3, -0.25) is 14.9 Å². The number of nitrogens with zero attached hydrogens (tertiary/aromatic N) is 1. The van der Waals surface area contributed by atoms with E-state index in [9.17, 15) is 14.9 Å². The van der Waals surface area contributed by atoms with Crippen LogP contribution in [0.2, 0.25) is 0 Å². The van der Waals surface area contributed by atoms with E-state index in [2.05, 4.69) is 17.6 Å². The summed E-state index contributed by atoms with van der Waals surface area (Å²) in [6.07, 6.45) is 2.07. The van der Waals surface area contributed by atoms with Gasteiger partial charge in [-0.05, 0) is 18.6 Å². The van der Waals surface area contributed by atoms with Gasteiger partial charge in [-0.2, -0.15) is 0 Å². The number of hydrogen-bond acceptors (Lipinski definition) is 5. The smallest absolute Gasteiger partial charge is 0.293 e. The van der Waals surface area contributed by atoms with Gasteiger partial charge in [-0.1, -0.05) is 13.3 Å². The standard InChI is InChI=1S/C14H21N3O4/c1-3-4-8-21-9-7-16-12-6-5-11(14(18)15-2)10-13(12)17(19)20/h5-6,10,16H,3-4,7-9H2,1-2H3,(H,15,18). The minimum atomic E-state index is -0.507. The van der Waals surface area contributed by atoms with E-state index in [-0.39, 0.29) is 17.2 Å². The molecule has 0 heterocycles. The molecule has 1 aromatic rings. The molecule has 0 aromatic heterocycles. The minimum absolute atomic E-state index is 0.121. The highest BCUT2D eigenvalue weighted by atomic mass is 16.6. The van der Waals surface area contributed by atoms with Crippen LogP contribution in [0.3, 0.4) is 0 Å². The molecule has 0 aliphatic carbocycles. The lowest BCUT2D eigenvalue weighted by Crippen LogP contribution is -2.18. The first-order chi connectivity index (χ1) is 10.1. The average Bonchev–Trinajstić information content (AvgIpc) is 2.49. The molecule has 0 radical (unpaired) electrons. The largest absolute Gasteiger partial charge is 0.380 e. The number of carbonyl (C=O) groups excluding carboxylic acids is 1. The number of benzene rings is 1. The van der Waals surface area contributed by atoms with E-state index in [1.54, 1.807) is 6.07 Å². The SMILES string of the molecule is CCCCOCCNc1ccc(C(=O)NC)cc1[N+](=O)[O-]. The van der Waals surface area contributed by atoms with Gasteiger partial charge in [0.1, 0.15) is 5.69 Å². The van der Waals surface area contributed by atoms with Crippen LogP contribution in [0.5, 0.6) is 0 Å². The monoisotopic (exact) mass is 295 g/mol. The Kier molecular flexibility index (Phi) is 7.17. The molecular weight excluding hydrogens is 274 g/mol. The fourth-order valence-corrected chi connectivity index (χ4v) is 1.72. The van der Waals surface area contributed by atoms with E-state index < -0.39 is 4.92 Å². The molecule has 0 spiro atoms. The normalized spacial score (nSPS) is 10.2. The number of hydrogen-bond donors (Lipinski definition) is 2. The molecule has 0 saturated heterocycles. The van der Waals surface area contributed by atoms with Crippen molar-refractivity contribution in [3.05, 3.63) is 33.9 Å². The number of anilines is 1. The van der Waals surface area contributed by atoms with E-state index in [1.165, 1.54) is 19.2 Å². The summed E-state index contributed by atoms with van der Waals surface area (Å²) in [4.78, 5) is 22.0. The topological polar surface area (TPSA) is 93.5 Å². The molecule has 116 valence electrons. The number of unbranched alkanes of at least 4 members (excludes halogenated alkanes) is 1. The number of nitrogens with one attached hydrogen (secondary N) is 2. The van der Waals surface area contributed by atoms with Gasteiger partial charge in [0.2, 0.25) is 0 Å². The summed E-state index contributed by atoms with van der Waals surface area (Å²) < 4.78 is 5.38. The predicted molar refractivity (Wildman–Crippen MR) is 80.7 cm³/mol. The number of nitro groups is 1. The maximum absolute atomic E-state index is 11.5. The van der Waals surface area contributed by atoms with E-state index in [4.69, 9.17) is 4.74 Å². The zero-order valence-electron chi connectivity index (χ0n) is 12.3. The fourth-order valence-electron chi connectivity index (χ4n) is 1.72. The summed E-state index contributed by atoms with van der Waals surface area (Å²) in [6.45, 7) is 3.73. The molecule has 1 rings (SSSR count). The van der Waals surface area contributed by atoms with Crippen LogP contribution in [-0.4, -0.2) is 37.6 Å². The predicted octanol–water partition coefficient (Wildman–Crippen LogP) is 2.18. The van der Waals surface area contributed by atoms with Crippen molar-refractivity contribution in [3.8, 4) is 0 Å². The molecule has 1 amide bonds. The van der Waals surface area contributed by atoms with Gasteiger partial charge in [0.15, 0.2) is 0 Å². The Hall–Kier alpha value is -2.15. The summed E-state index contributed by atoms with van der Waals surface area (Å²) in [5.74, 6) is -0.354. The van der Waals surface area contributed by atoms with Crippen molar-refractivity contribution in [2.75, 3.05) is 32.1 Å². The molecule has 21 heavy (non-hydrogen) atoms. The van der Waals surface area contributed by atoms with Crippen LogP contribution in [0.25, 0.3) is 0 Å². The van der Waals surface area contributed by atoms with Gasteiger partial charge in [0, 0.05) is 31.8 Å². The van der Waals surface area contributed by atoms with Crippen molar-refractivity contribution in [3.63, 3.8) is 0 Å². The third-order valence-electron chi connectivity index (χ3n) is 2.89. The molecule has 0 unspecified atom stereocenters. The molecule has 0 aliphatic heterocycles. The lowest BCUT2D eigenvalue weighted by molar-refractivity contribution is -0.384. The first-order valence-corrected chi connectivity index (χ1v) is 6.92. The highest BCUT2D eigenvalue weighted by Gasteiger charge is 2.16. The summed E-state index contributed by atoms with van der Waals surface area (Å²) >= 11 is 0. The highest BCUT2D eigenvalue weighted by molar-refractivity contribution is 5.95. The maximum Gasteiger partial charge on any atom is 0.293 e. The van der Waals surface area contributed by atoms with Crippen molar-refractivity contribution >= 4 is 17.3 Å². The van der Waals surface area contributed by atoms with Crippen LogP contribution in [0, 0.1) is 10.1 Å². The summed E-state index contributed by atoms with van der Waals surface area (Å²) in [6, 6.07) is 4.35. The van der Waals surface area contributed by atoms with Crippen molar-refractivity contribution in [1.29, 1.82) is 0 Å². The molecule has 0 aliphatic rings. The number of carbonyl (C=O) groups is 1. The molecular formula is C14H21N3O4. The lowest BCUT2D eigenvalue weighted by atomic mass is 10.1. The van der Waals surface area contributed by atoms with Crippen molar-refractivity contribution in [1.82, 2.24) is 5.32 Å². The summed E-state index contributed by atoms with van der Waals surface area (Å²) in [5, 5.41) is 16.5. The third-order valence-corrected chi connectivity index (χ3v) is 2.89. The Balaban J connectivity index is 2.65. The van der Waals surface area contributed by atoms with Crippen LogP contribution in [-0.2, 0) is 4.74 Å². The molecule has 0 fully saturated rings. The summed E-state index contributed by atoms with van der Waals surface area (Å²) in [5.41, 5.74) is 0.519. The minimum Gasteiger partial charge on any atom is -0.380 e. The van der Waals surface area contributed by atoms with Crippen molar-refractivity contribution in [2.24, 2.45) is 0 Å². The molecule has 0 saturated carbocycles. The van der Waals surface area contributed by atoms with Gasteiger partial charge >= 0.3 is 0 Å². The first-order valence-electron chi connectivity index (χ1n) is 6.92. The zero-order valence-corrected chi connectivity index (χ0v) is 12.3. The van der Waals surface area contributed by atoms with Gasteiger partial charge in [0.05, 0.1) is 11.5 Å². The maximum atomic E-state index is 11.5. The van der Waals surface area contributed by atoms with Crippen LogP contribution in [0.4, 0.5) is 11.4 Å². The second kappa shape index (κ2) is 8.91. The summed E-state index contributed by atoms with van der Waals surface area (Å²) in [7, 11) is 1.48. The second-order valence-corrected chi connectivity index (χ2v) is 4.46. The number of rotatable bonds is 9. The molecule has 1 aromatic carbocycles. The lowest BCUT2D eigenvalue weighted by Gasteiger charge is -2.09. The van der Waals surface area contributed by atoms with E-state index in [0.717, 1.165) is 12.8 Å². The molecule has 7 heteroatoms. The number of ether oxygens (including phenoxy) is 1. The van der Waals surface area contributed by atoms with Crippen LogP contribution >= 0.6 is 0 Å². The number of amides is 1. The van der Waals surface area contributed by atoms with Gasteiger partial charge in [-0.25, -0.2) is 0 Å². The molecule has 2 N–H and O–H groups in total. The Morgan fingerprint density at radius 2 is 2.14 bits per heavy atom. The Labute approximate surface area is 123 Å². The average molecular weight is 295 g/mol. The molecule has 0 atom stereocenters. The van der Waals surface area contributed by atoms with Crippen molar-refractivity contribution < 1.29 is 14.5 Å². The van der Waals surface area contributed by atoms with Crippen molar-refractivity contribution in [2.45, 2.75) is 19.8 Å². The quantitative estimate of drug-likeness (QED) is 0.414. The number of nitro benzene ring substituents is 1. The molecule has 7 nitrogen and oxygen atoms in total. The first kappa shape index (κ1) is 16.9. The van der Waals surface area contributed by atoms with Crippen LogP contribution in [0.15, 0.2) is 18.2 Å². The van der Waals surface area contributed by atoms with Gasteiger partial charge < -0.3 is 15.4 Å². The van der Waals surface area contributed by atoms with Crippen LogP contribution in [0.1, 0.15) is 30.1 Å². The Bertz CT molecular complexity index is 491. The van der Waals surface area contributed by atoms with Gasteiger partial charge in [-0.15, -0.1) is 0 Å². The van der Waals surface area contributed by atoms with Crippen LogP contribution < -0.4 is 10.6 Å². The zero-order chi connectivity index (χ0) is 15.7. The molecule has 0 bridgehead atoms. The van der Waals surface area contributed by atoms with Gasteiger partial charge in [0.25, 0.3) is 11.6 Å². The Morgan fingerprint density at radius 3 is 2.76 bits per heavy atom. The van der Waals surface area contributed by atoms with E-state index in [0.29, 0.717) is 25.4 Å².